The van der Waals surface area contributed by atoms with Crippen molar-refractivity contribution >= 4 is 11.8 Å². The van der Waals surface area contributed by atoms with Gasteiger partial charge in [0.15, 0.2) is 11.5 Å². The molecule has 5 nitrogen and oxygen atoms in total. The van der Waals surface area contributed by atoms with Crippen molar-refractivity contribution in [2.45, 2.75) is 12.8 Å². The molecule has 1 aliphatic rings. The van der Waals surface area contributed by atoms with E-state index < -0.39 is 5.92 Å². The van der Waals surface area contributed by atoms with Crippen LogP contribution in [0.1, 0.15) is 18.4 Å². The zero-order valence-electron chi connectivity index (χ0n) is 10.5. The van der Waals surface area contributed by atoms with Crippen LogP contribution in [0.15, 0.2) is 18.2 Å². The first kappa shape index (κ1) is 12.4. The number of rotatable bonds is 3. The quantitative estimate of drug-likeness (QED) is 0.814. The van der Waals surface area contributed by atoms with Crippen LogP contribution in [0.4, 0.5) is 0 Å². The lowest BCUT2D eigenvalue weighted by Crippen LogP contribution is -2.21. The third-order valence-electron chi connectivity index (χ3n) is 3.21. The van der Waals surface area contributed by atoms with Crippen LogP contribution in [0.5, 0.6) is 11.5 Å². The summed E-state index contributed by atoms with van der Waals surface area (Å²) in [5, 5.41) is 2.33. The molecule has 2 atom stereocenters. The van der Waals surface area contributed by atoms with Crippen molar-refractivity contribution < 1.29 is 19.1 Å². The zero-order chi connectivity index (χ0) is 13.3. The molecule has 0 aliphatic carbocycles. The lowest BCUT2D eigenvalue weighted by Gasteiger charge is -2.14. The molecule has 1 N–H and O–H groups in total. The predicted octanol–water partition coefficient (Wildman–Crippen LogP) is 1.08. The smallest absolute Gasteiger partial charge is 0.234 e. The van der Waals surface area contributed by atoms with Crippen LogP contribution >= 0.6 is 0 Å². The third-order valence-corrected chi connectivity index (χ3v) is 3.21. The molecule has 96 valence electrons. The molecule has 1 aromatic carbocycles. The van der Waals surface area contributed by atoms with Crippen LogP contribution in [0.25, 0.3) is 0 Å². The largest absolute Gasteiger partial charge is 0.493 e. The Labute approximate surface area is 105 Å². The second-order valence-electron chi connectivity index (χ2n) is 4.23. The Morgan fingerprint density at radius 3 is 2.22 bits per heavy atom. The van der Waals surface area contributed by atoms with Crippen LogP contribution in [-0.4, -0.2) is 26.0 Å². The number of hydrogen-bond acceptors (Lipinski definition) is 4. The summed E-state index contributed by atoms with van der Waals surface area (Å²) in [7, 11) is 3.08. The number of amides is 2. The molecule has 0 aromatic heterocycles. The highest BCUT2D eigenvalue weighted by Gasteiger charge is 2.39. The van der Waals surface area contributed by atoms with Crippen molar-refractivity contribution in [3.05, 3.63) is 23.8 Å². The Morgan fingerprint density at radius 1 is 1.06 bits per heavy atom. The van der Waals surface area contributed by atoms with Gasteiger partial charge >= 0.3 is 0 Å². The summed E-state index contributed by atoms with van der Waals surface area (Å²) < 4.78 is 10.3. The van der Waals surface area contributed by atoms with Gasteiger partial charge in [-0.1, -0.05) is 13.0 Å². The van der Waals surface area contributed by atoms with Crippen molar-refractivity contribution in [3.8, 4) is 11.5 Å². The molecular formula is C13H15NO4. The summed E-state index contributed by atoms with van der Waals surface area (Å²) in [5.74, 6) is -0.180. The van der Waals surface area contributed by atoms with Gasteiger partial charge in [-0.2, -0.15) is 0 Å². The Morgan fingerprint density at radius 2 is 1.72 bits per heavy atom. The maximum atomic E-state index is 11.7. The van der Waals surface area contributed by atoms with E-state index in [4.69, 9.17) is 9.47 Å². The SMILES string of the molecule is COc1ccc([C@@H]2C(=O)NC(=O)[C@H]2C)cc1OC. The number of ether oxygens (including phenoxy) is 2. The molecule has 0 radical (unpaired) electrons. The van der Waals surface area contributed by atoms with E-state index in [1.54, 1.807) is 32.2 Å². The maximum absolute atomic E-state index is 11.7. The lowest BCUT2D eigenvalue weighted by molar-refractivity contribution is -0.125. The molecule has 1 heterocycles. The highest BCUT2D eigenvalue weighted by Crippen LogP contribution is 2.35. The maximum Gasteiger partial charge on any atom is 0.234 e. The van der Waals surface area contributed by atoms with Crippen LogP contribution < -0.4 is 14.8 Å². The first-order valence-electron chi connectivity index (χ1n) is 5.65. The lowest BCUT2D eigenvalue weighted by atomic mass is 9.89. The van der Waals surface area contributed by atoms with E-state index in [9.17, 15) is 9.59 Å². The summed E-state index contributed by atoms with van der Waals surface area (Å²) >= 11 is 0. The number of carbonyl (C=O) groups excluding carboxylic acids is 2. The molecule has 0 saturated carbocycles. The minimum absolute atomic E-state index is 0.236. The van der Waals surface area contributed by atoms with E-state index in [0.717, 1.165) is 5.56 Å². The average molecular weight is 249 g/mol. The molecule has 1 fully saturated rings. The van der Waals surface area contributed by atoms with Gasteiger partial charge in [0, 0.05) is 0 Å². The van der Waals surface area contributed by atoms with Crippen molar-refractivity contribution in [2.24, 2.45) is 5.92 Å². The molecule has 1 aliphatic heterocycles. The number of imide groups is 1. The predicted molar refractivity (Wildman–Crippen MR) is 64.6 cm³/mol. The summed E-state index contributed by atoms with van der Waals surface area (Å²) in [6, 6.07) is 5.25. The van der Waals surface area contributed by atoms with Gasteiger partial charge in [0.05, 0.1) is 26.1 Å². The topological polar surface area (TPSA) is 64.6 Å². The Bertz CT molecular complexity index is 498. The van der Waals surface area contributed by atoms with Gasteiger partial charge in [0.1, 0.15) is 0 Å². The minimum atomic E-state index is -0.461. The second kappa shape index (κ2) is 4.68. The van der Waals surface area contributed by atoms with Gasteiger partial charge in [-0.25, -0.2) is 0 Å². The molecule has 0 bridgehead atoms. The first-order valence-corrected chi connectivity index (χ1v) is 5.65. The Balaban J connectivity index is 2.40. The number of nitrogens with one attached hydrogen (secondary N) is 1. The summed E-state index contributed by atoms with van der Waals surface area (Å²) in [6.45, 7) is 1.74. The molecule has 5 heteroatoms. The molecule has 1 saturated heterocycles. The van der Waals surface area contributed by atoms with E-state index in [2.05, 4.69) is 5.32 Å². The summed E-state index contributed by atoms with van der Waals surface area (Å²) in [4.78, 5) is 23.2. The fraction of sp³-hybridized carbons (Fsp3) is 0.385. The van der Waals surface area contributed by atoms with Crippen LogP contribution in [-0.2, 0) is 9.59 Å². The van der Waals surface area contributed by atoms with Crippen LogP contribution in [0.3, 0.4) is 0 Å². The van der Waals surface area contributed by atoms with E-state index in [-0.39, 0.29) is 17.7 Å². The van der Waals surface area contributed by atoms with E-state index in [1.165, 1.54) is 7.11 Å². The van der Waals surface area contributed by atoms with Crippen molar-refractivity contribution in [1.82, 2.24) is 5.32 Å². The van der Waals surface area contributed by atoms with Crippen LogP contribution in [0.2, 0.25) is 0 Å². The molecule has 0 unspecified atom stereocenters. The summed E-state index contributed by atoms with van der Waals surface area (Å²) in [6.07, 6.45) is 0. The van der Waals surface area contributed by atoms with Gasteiger partial charge in [0.25, 0.3) is 0 Å². The summed E-state index contributed by atoms with van der Waals surface area (Å²) in [5.41, 5.74) is 0.753. The fourth-order valence-electron chi connectivity index (χ4n) is 2.18. The van der Waals surface area contributed by atoms with Gasteiger partial charge < -0.3 is 9.47 Å². The number of hydrogen-bond donors (Lipinski definition) is 1. The highest BCUT2D eigenvalue weighted by molar-refractivity contribution is 6.07. The molecule has 2 rings (SSSR count). The number of benzene rings is 1. The van der Waals surface area contributed by atoms with Gasteiger partial charge in [-0.05, 0) is 17.7 Å². The highest BCUT2D eigenvalue weighted by atomic mass is 16.5. The average Bonchev–Trinajstić information content (AvgIpc) is 2.62. The van der Waals surface area contributed by atoms with Crippen LogP contribution in [0, 0.1) is 5.92 Å². The van der Waals surface area contributed by atoms with Crippen molar-refractivity contribution in [3.63, 3.8) is 0 Å². The monoisotopic (exact) mass is 249 g/mol. The number of methoxy groups -OCH3 is 2. The Hall–Kier alpha value is -2.04. The van der Waals surface area contributed by atoms with Crippen molar-refractivity contribution in [1.29, 1.82) is 0 Å². The fourth-order valence-corrected chi connectivity index (χ4v) is 2.18. The van der Waals surface area contributed by atoms with E-state index >= 15 is 0 Å². The van der Waals surface area contributed by atoms with E-state index in [1.807, 2.05) is 0 Å². The normalized spacial score (nSPS) is 22.8. The first-order chi connectivity index (χ1) is 8.58. The van der Waals surface area contributed by atoms with Gasteiger partial charge in [0.2, 0.25) is 11.8 Å². The minimum Gasteiger partial charge on any atom is -0.493 e. The van der Waals surface area contributed by atoms with Gasteiger partial charge in [-0.15, -0.1) is 0 Å². The Kier molecular flexibility index (Phi) is 3.23. The molecular weight excluding hydrogens is 234 g/mol. The molecule has 0 spiro atoms. The van der Waals surface area contributed by atoms with E-state index in [0.29, 0.717) is 11.5 Å². The third kappa shape index (κ3) is 1.92. The van der Waals surface area contributed by atoms with Gasteiger partial charge in [-0.3, -0.25) is 14.9 Å². The molecule has 18 heavy (non-hydrogen) atoms. The molecule has 2 amide bonds. The molecule has 1 aromatic rings. The standard InChI is InChI=1S/C13H15NO4/c1-7-11(13(16)14-12(7)15)8-4-5-9(17-2)10(6-8)18-3/h4-7,11H,1-3H3,(H,14,15,16)/t7-,11+/m0/s1. The number of carbonyl (C=O) groups is 2. The van der Waals surface area contributed by atoms with Crippen molar-refractivity contribution in [2.75, 3.05) is 14.2 Å². The second-order valence-corrected chi connectivity index (χ2v) is 4.23. The zero-order valence-corrected chi connectivity index (χ0v) is 10.5.